The van der Waals surface area contributed by atoms with E-state index in [4.69, 9.17) is 14.5 Å². The summed E-state index contributed by atoms with van der Waals surface area (Å²) in [7, 11) is 3.21. The Balaban J connectivity index is 1.33. The molecule has 1 N–H and O–H groups in total. The number of likely N-dealkylation sites (tertiary alicyclic amines) is 1. The zero-order valence-corrected chi connectivity index (χ0v) is 21.0. The first-order valence-corrected chi connectivity index (χ1v) is 12.3. The molecule has 0 aliphatic carbocycles. The van der Waals surface area contributed by atoms with Crippen molar-refractivity contribution in [2.75, 3.05) is 27.3 Å². The van der Waals surface area contributed by atoms with Gasteiger partial charge in [-0.05, 0) is 30.2 Å². The molecule has 1 saturated heterocycles. The Hall–Kier alpha value is -4.08. The number of aromatic nitrogens is 4. The minimum Gasteiger partial charge on any atom is -0.496 e. The molecule has 0 bridgehead atoms. The molecule has 0 unspecified atom stereocenters. The Kier molecular flexibility index (Phi) is 7.53. The van der Waals surface area contributed by atoms with Crippen molar-refractivity contribution in [2.45, 2.75) is 25.6 Å². The second kappa shape index (κ2) is 11.3. The first kappa shape index (κ1) is 24.6. The van der Waals surface area contributed by atoms with Crippen LogP contribution in [0, 0.1) is 0 Å². The average Bonchev–Trinajstić information content (AvgIpc) is 3.56. The monoisotopic (exact) mass is 498 g/mol. The fraction of sp³-hybridized carbons (Fsp3) is 0.286. The second-order valence-electron chi connectivity index (χ2n) is 8.97. The zero-order valence-electron chi connectivity index (χ0n) is 21.0. The van der Waals surface area contributed by atoms with Crippen LogP contribution in [0.25, 0.3) is 17.2 Å². The van der Waals surface area contributed by atoms with Gasteiger partial charge in [0, 0.05) is 44.5 Å². The first-order chi connectivity index (χ1) is 18.2. The summed E-state index contributed by atoms with van der Waals surface area (Å²) < 4.78 is 12.5. The van der Waals surface area contributed by atoms with Crippen molar-refractivity contribution >= 4 is 5.91 Å². The Bertz CT molecular complexity index is 1360. The number of carbonyl (C=O) groups excluding carboxylic acids is 1. The van der Waals surface area contributed by atoms with Crippen molar-refractivity contribution in [1.29, 1.82) is 0 Å². The second-order valence-corrected chi connectivity index (χ2v) is 8.97. The summed E-state index contributed by atoms with van der Waals surface area (Å²) in [6.45, 7) is 2.81. The van der Waals surface area contributed by atoms with E-state index >= 15 is 0 Å². The van der Waals surface area contributed by atoms with E-state index in [-0.39, 0.29) is 18.6 Å². The van der Waals surface area contributed by atoms with E-state index in [0.717, 1.165) is 31.6 Å². The highest BCUT2D eigenvalue weighted by Crippen LogP contribution is 2.28. The van der Waals surface area contributed by atoms with Gasteiger partial charge >= 0.3 is 0 Å². The molecule has 5 rings (SSSR count). The number of hydrogen-bond donors (Lipinski definition) is 1. The molecular formula is C28H30N6O3. The summed E-state index contributed by atoms with van der Waals surface area (Å²) in [5.41, 5.74) is 3.85. The molecular weight excluding hydrogens is 468 g/mol. The van der Waals surface area contributed by atoms with Gasteiger partial charge in [-0.15, -0.1) is 0 Å². The van der Waals surface area contributed by atoms with E-state index in [0.29, 0.717) is 28.6 Å². The molecule has 37 heavy (non-hydrogen) atoms. The standard InChI is InChI=1S/C28H30N6O3/c1-36-19-25-23(27(35)31-21-13-15-33(18-21)17-20-8-4-3-5-9-20)16-30-34(25)28-29-14-12-24(32-28)22-10-6-7-11-26(22)37-2/h3-12,14,16,21H,13,15,17-19H2,1-2H3,(H,31,35)/t21-/m0/s1. The fourth-order valence-electron chi connectivity index (χ4n) is 4.67. The van der Waals surface area contributed by atoms with Crippen molar-refractivity contribution < 1.29 is 14.3 Å². The van der Waals surface area contributed by atoms with Crippen LogP contribution < -0.4 is 10.1 Å². The maximum absolute atomic E-state index is 13.3. The summed E-state index contributed by atoms with van der Waals surface area (Å²) >= 11 is 0. The van der Waals surface area contributed by atoms with Gasteiger partial charge in [-0.1, -0.05) is 42.5 Å². The Morgan fingerprint density at radius 1 is 1.08 bits per heavy atom. The molecule has 4 aromatic rings. The number of methoxy groups -OCH3 is 2. The number of benzene rings is 2. The molecule has 1 aliphatic rings. The van der Waals surface area contributed by atoms with Crippen LogP contribution in [0.5, 0.6) is 5.75 Å². The molecule has 1 aliphatic heterocycles. The highest BCUT2D eigenvalue weighted by molar-refractivity contribution is 5.95. The van der Waals surface area contributed by atoms with Gasteiger partial charge in [0.2, 0.25) is 0 Å². The van der Waals surface area contributed by atoms with Gasteiger partial charge in [0.05, 0.1) is 36.9 Å². The van der Waals surface area contributed by atoms with Crippen LogP contribution in [0.3, 0.4) is 0 Å². The Morgan fingerprint density at radius 3 is 2.70 bits per heavy atom. The van der Waals surface area contributed by atoms with Crippen molar-refractivity contribution in [1.82, 2.24) is 30.0 Å². The van der Waals surface area contributed by atoms with Gasteiger partial charge < -0.3 is 14.8 Å². The molecule has 1 amide bonds. The molecule has 9 heteroatoms. The van der Waals surface area contributed by atoms with Crippen LogP contribution in [-0.4, -0.2) is 63.9 Å². The third kappa shape index (κ3) is 5.52. The van der Waals surface area contributed by atoms with E-state index in [1.807, 2.05) is 36.4 Å². The predicted octanol–water partition coefficient (Wildman–Crippen LogP) is 3.49. The van der Waals surface area contributed by atoms with Crippen LogP contribution in [-0.2, 0) is 17.9 Å². The number of para-hydroxylation sites is 1. The van der Waals surface area contributed by atoms with E-state index in [9.17, 15) is 4.79 Å². The third-order valence-corrected chi connectivity index (χ3v) is 6.47. The normalized spacial score (nSPS) is 15.6. The number of nitrogens with one attached hydrogen (secondary N) is 1. The molecule has 2 aromatic carbocycles. The van der Waals surface area contributed by atoms with Gasteiger partial charge in [0.25, 0.3) is 11.9 Å². The van der Waals surface area contributed by atoms with E-state index in [1.165, 1.54) is 5.56 Å². The molecule has 1 atom stereocenters. The summed E-state index contributed by atoms with van der Waals surface area (Å²) in [6, 6.07) is 19.9. The lowest BCUT2D eigenvalue weighted by atomic mass is 10.1. The minimum atomic E-state index is -0.175. The maximum atomic E-state index is 13.3. The van der Waals surface area contributed by atoms with Gasteiger partial charge in [0.1, 0.15) is 5.75 Å². The smallest absolute Gasteiger partial charge is 0.255 e. The molecule has 1 fully saturated rings. The van der Waals surface area contributed by atoms with Crippen LogP contribution in [0.4, 0.5) is 0 Å². The van der Waals surface area contributed by atoms with Crippen molar-refractivity contribution in [3.8, 4) is 23.0 Å². The summed E-state index contributed by atoms with van der Waals surface area (Å²) in [5, 5.41) is 7.64. The lowest BCUT2D eigenvalue weighted by Gasteiger charge is -2.17. The van der Waals surface area contributed by atoms with Gasteiger partial charge in [0.15, 0.2) is 0 Å². The molecule has 3 heterocycles. The fourth-order valence-corrected chi connectivity index (χ4v) is 4.67. The number of carbonyl (C=O) groups is 1. The van der Waals surface area contributed by atoms with Crippen molar-refractivity contribution in [2.24, 2.45) is 0 Å². The van der Waals surface area contributed by atoms with Crippen LogP contribution in [0.15, 0.2) is 73.1 Å². The number of ether oxygens (including phenoxy) is 2. The number of hydrogen-bond acceptors (Lipinski definition) is 7. The molecule has 0 saturated carbocycles. The van der Waals surface area contributed by atoms with Crippen LogP contribution >= 0.6 is 0 Å². The molecule has 2 aromatic heterocycles. The van der Waals surface area contributed by atoms with Crippen molar-refractivity contribution in [3.63, 3.8) is 0 Å². The summed E-state index contributed by atoms with van der Waals surface area (Å²) in [6.07, 6.45) is 4.12. The number of amides is 1. The summed E-state index contributed by atoms with van der Waals surface area (Å²) in [5.74, 6) is 0.887. The summed E-state index contributed by atoms with van der Waals surface area (Å²) in [4.78, 5) is 24.8. The number of rotatable bonds is 9. The third-order valence-electron chi connectivity index (χ3n) is 6.47. The Morgan fingerprint density at radius 2 is 1.89 bits per heavy atom. The van der Waals surface area contributed by atoms with Gasteiger partial charge in [-0.2, -0.15) is 9.78 Å². The van der Waals surface area contributed by atoms with E-state index < -0.39 is 0 Å². The van der Waals surface area contributed by atoms with Crippen LogP contribution in [0.1, 0.15) is 28.0 Å². The number of nitrogens with zero attached hydrogens (tertiary/aromatic N) is 5. The minimum absolute atomic E-state index is 0.0695. The molecule has 190 valence electrons. The van der Waals surface area contributed by atoms with Gasteiger partial charge in [-0.25, -0.2) is 9.97 Å². The largest absolute Gasteiger partial charge is 0.496 e. The zero-order chi connectivity index (χ0) is 25.6. The highest BCUT2D eigenvalue weighted by Gasteiger charge is 2.27. The van der Waals surface area contributed by atoms with Gasteiger partial charge in [-0.3, -0.25) is 9.69 Å². The average molecular weight is 499 g/mol. The van der Waals surface area contributed by atoms with Crippen molar-refractivity contribution in [3.05, 3.63) is 89.9 Å². The predicted molar refractivity (Wildman–Crippen MR) is 139 cm³/mol. The van der Waals surface area contributed by atoms with E-state index in [1.54, 1.807) is 31.3 Å². The lowest BCUT2D eigenvalue weighted by Crippen LogP contribution is -2.37. The Labute approximate surface area is 216 Å². The lowest BCUT2D eigenvalue weighted by molar-refractivity contribution is 0.0932. The van der Waals surface area contributed by atoms with Crippen LogP contribution in [0.2, 0.25) is 0 Å². The maximum Gasteiger partial charge on any atom is 0.255 e. The van der Waals surface area contributed by atoms with E-state index in [2.05, 4.69) is 44.6 Å². The molecule has 9 nitrogen and oxygen atoms in total. The quantitative estimate of drug-likeness (QED) is 0.378. The highest BCUT2D eigenvalue weighted by atomic mass is 16.5. The SMILES string of the molecule is COCc1c(C(=O)N[C@H]2CCN(Cc3ccccc3)C2)cnn1-c1nccc(-c2ccccc2OC)n1. The first-order valence-electron chi connectivity index (χ1n) is 12.3. The molecule has 0 radical (unpaired) electrons. The topological polar surface area (TPSA) is 94.4 Å². The molecule has 0 spiro atoms.